The molecule has 1 rings (SSSR count). The first-order chi connectivity index (χ1) is 6.40. The summed E-state index contributed by atoms with van der Waals surface area (Å²) in [5, 5.41) is 0. The van der Waals surface area contributed by atoms with Crippen LogP contribution in [0.25, 0.3) is 0 Å². The molecule has 0 unspecified atom stereocenters. The second kappa shape index (κ2) is 4.22. The number of aryl methyl sites for hydroxylation is 1. The van der Waals surface area contributed by atoms with Crippen molar-refractivity contribution < 1.29 is 4.79 Å². The van der Waals surface area contributed by atoms with Crippen LogP contribution < -0.4 is 0 Å². The van der Waals surface area contributed by atoms with Crippen molar-refractivity contribution in [2.75, 3.05) is 5.75 Å². The summed E-state index contributed by atoms with van der Waals surface area (Å²) >= 11 is 1.69. The van der Waals surface area contributed by atoms with Gasteiger partial charge in [-0.1, -0.05) is 20.8 Å². The fraction of sp³-hybridized carbons (Fsp3) is 0.545. The van der Waals surface area contributed by atoms with Crippen LogP contribution in [0.4, 0.5) is 0 Å². The van der Waals surface area contributed by atoms with Crippen molar-refractivity contribution >= 4 is 17.5 Å². The van der Waals surface area contributed by atoms with E-state index in [0.29, 0.717) is 5.75 Å². The predicted molar refractivity (Wildman–Crippen MR) is 62.0 cm³/mol. The highest BCUT2D eigenvalue weighted by Crippen LogP contribution is 2.23. The standard InChI is InChI=1S/C11H17NOS/c1-11(2,3)14-8-10(13)9-6-5-7-12(9)4/h5-7H,8H2,1-4H3. The molecule has 0 aliphatic heterocycles. The summed E-state index contributed by atoms with van der Waals surface area (Å²) in [5.74, 6) is 0.763. The first kappa shape index (κ1) is 11.4. The Bertz CT molecular complexity index is 322. The largest absolute Gasteiger partial charge is 0.348 e. The van der Waals surface area contributed by atoms with Crippen LogP contribution in [0.1, 0.15) is 31.3 Å². The van der Waals surface area contributed by atoms with Gasteiger partial charge in [0.15, 0.2) is 5.78 Å². The molecule has 0 saturated heterocycles. The quantitative estimate of drug-likeness (QED) is 0.717. The van der Waals surface area contributed by atoms with Crippen molar-refractivity contribution in [3.63, 3.8) is 0 Å². The number of rotatable bonds is 3. The van der Waals surface area contributed by atoms with Crippen LogP contribution in [0, 0.1) is 0 Å². The van der Waals surface area contributed by atoms with E-state index in [1.807, 2.05) is 29.9 Å². The molecule has 1 aromatic rings. The van der Waals surface area contributed by atoms with Gasteiger partial charge in [0.05, 0.1) is 11.4 Å². The lowest BCUT2D eigenvalue weighted by Crippen LogP contribution is -2.14. The number of hydrogen-bond acceptors (Lipinski definition) is 2. The van der Waals surface area contributed by atoms with Crippen LogP contribution in [-0.4, -0.2) is 20.9 Å². The minimum Gasteiger partial charge on any atom is -0.348 e. The van der Waals surface area contributed by atoms with Gasteiger partial charge in [-0.05, 0) is 12.1 Å². The number of thioether (sulfide) groups is 1. The molecule has 14 heavy (non-hydrogen) atoms. The van der Waals surface area contributed by atoms with E-state index in [1.54, 1.807) is 11.8 Å². The highest BCUT2D eigenvalue weighted by molar-refractivity contribution is 8.01. The molecule has 0 aliphatic carbocycles. The van der Waals surface area contributed by atoms with Gasteiger partial charge in [-0.25, -0.2) is 0 Å². The van der Waals surface area contributed by atoms with Gasteiger partial charge in [-0.15, -0.1) is 11.8 Å². The number of carbonyl (C=O) groups excluding carboxylic acids is 1. The average Bonchev–Trinajstić information content (AvgIpc) is 2.46. The van der Waals surface area contributed by atoms with Crippen LogP contribution in [0.5, 0.6) is 0 Å². The maximum atomic E-state index is 11.7. The number of Topliss-reactive ketones (excluding diaryl/α,β-unsaturated/α-hetero) is 1. The third-order valence-corrected chi connectivity index (χ3v) is 3.14. The molecule has 1 heterocycles. The number of carbonyl (C=O) groups is 1. The molecule has 2 nitrogen and oxygen atoms in total. The molecule has 0 bridgehead atoms. The van der Waals surface area contributed by atoms with Gasteiger partial charge in [-0.3, -0.25) is 4.79 Å². The zero-order valence-corrected chi connectivity index (χ0v) is 10.0. The van der Waals surface area contributed by atoms with Crippen LogP contribution in [0.3, 0.4) is 0 Å². The summed E-state index contributed by atoms with van der Waals surface area (Å²) < 4.78 is 2.02. The lowest BCUT2D eigenvalue weighted by molar-refractivity contribution is 0.101. The average molecular weight is 211 g/mol. The fourth-order valence-electron chi connectivity index (χ4n) is 1.11. The molecule has 1 aromatic heterocycles. The normalized spacial score (nSPS) is 11.7. The van der Waals surface area contributed by atoms with E-state index in [-0.39, 0.29) is 10.5 Å². The monoisotopic (exact) mass is 211 g/mol. The predicted octanol–water partition coefficient (Wildman–Crippen LogP) is 2.74. The highest BCUT2D eigenvalue weighted by Gasteiger charge is 2.15. The molecule has 0 atom stereocenters. The van der Waals surface area contributed by atoms with Gasteiger partial charge in [0.1, 0.15) is 0 Å². The number of aromatic nitrogens is 1. The number of ketones is 1. The van der Waals surface area contributed by atoms with Gasteiger partial charge in [-0.2, -0.15) is 0 Å². The first-order valence-electron chi connectivity index (χ1n) is 4.68. The maximum Gasteiger partial charge on any atom is 0.189 e. The zero-order chi connectivity index (χ0) is 10.8. The van der Waals surface area contributed by atoms with Crippen molar-refractivity contribution in [1.82, 2.24) is 4.57 Å². The molecule has 3 heteroatoms. The Balaban J connectivity index is 2.56. The van der Waals surface area contributed by atoms with E-state index in [1.165, 1.54) is 0 Å². The molecule has 0 aromatic carbocycles. The van der Waals surface area contributed by atoms with Crippen molar-refractivity contribution in [3.8, 4) is 0 Å². The summed E-state index contributed by atoms with van der Waals surface area (Å²) in [6.07, 6.45) is 1.90. The zero-order valence-electron chi connectivity index (χ0n) is 9.20. The van der Waals surface area contributed by atoms with Crippen LogP contribution >= 0.6 is 11.8 Å². The van der Waals surface area contributed by atoms with Crippen LogP contribution in [0.2, 0.25) is 0 Å². The molecule has 0 aliphatic rings. The second-order valence-electron chi connectivity index (χ2n) is 4.33. The van der Waals surface area contributed by atoms with E-state index in [0.717, 1.165) is 5.69 Å². The Morgan fingerprint density at radius 2 is 2.14 bits per heavy atom. The number of hydrogen-bond donors (Lipinski definition) is 0. The molecule has 0 saturated carbocycles. The van der Waals surface area contributed by atoms with E-state index in [9.17, 15) is 4.79 Å². The second-order valence-corrected chi connectivity index (χ2v) is 6.13. The van der Waals surface area contributed by atoms with Gasteiger partial charge in [0.25, 0.3) is 0 Å². The Kier molecular flexibility index (Phi) is 3.43. The van der Waals surface area contributed by atoms with Crippen LogP contribution in [-0.2, 0) is 7.05 Å². The number of nitrogens with zero attached hydrogens (tertiary/aromatic N) is 1. The Hall–Kier alpha value is -0.700. The molecule has 0 N–H and O–H groups in total. The summed E-state index contributed by atoms with van der Waals surface area (Å²) in [6, 6.07) is 3.76. The van der Waals surface area contributed by atoms with Gasteiger partial charge < -0.3 is 4.57 Å². The smallest absolute Gasteiger partial charge is 0.189 e. The molecule has 78 valence electrons. The summed E-state index contributed by atoms with van der Waals surface area (Å²) in [5.41, 5.74) is 0.793. The molecular weight excluding hydrogens is 194 g/mol. The topological polar surface area (TPSA) is 22.0 Å². The van der Waals surface area contributed by atoms with Crippen molar-refractivity contribution in [1.29, 1.82) is 0 Å². The van der Waals surface area contributed by atoms with Gasteiger partial charge in [0, 0.05) is 18.0 Å². The Morgan fingerprint density at radius 1 is 1.50 bits per heavy atom. The third kappa shape index (κ3) is 3.22. The van der Waals surface area contributed by atoms with E-state index >= 15 is 0 Å². The molecule has 0 fully saturated rings. The van der Waals surface area contributed by atoms with Crippen molar-refractivity contribution in [2.45, 2.75) is 25.5 Å². The third-order valence-electron chi connectivity index (χ3n) is 1.87. The first-order valence-corrected chi connectivity index (χ1v) is 5.67. The van der Waals surface area contributed by atoms with E-state index < -0.39 is 0 Å². The molecule has 0 spiro atoms. The van der Waals surface area contributed by atoms with Crippen molar-refractivity contribution in [2.24, 2.45) is 7.05 Å². The van der Waals surface area contributed by atoms with Crippen molar-refractivity contribution in [3.05, 3.63) is 24.0 Å². The summed E-state index contributed by atoms with van der Waals surface area (Å²) in [4.78, 5) is 11.7. The Morgan fingerprint density at radius 3 is 2.57 bits per heavy atom. The lowest BCUT2D eigenvalue weighted by Gasteiger charge is -2.16. The van der Waals surface area contributed by atoms with E-state index in [4.69, 9.17) is 0 Å². The van der Waals surface area contributed by atoms with E-state index in [2.05, 4.69) is 20.8 Å². The molecule has 0 radical (unpaired) electrons. The lowest BCUT2D eigenvalue weighted by atomic mass is 10.3. The Labute approximate surface area is 89.7 Å². The molecular formula is C11H17NOS. The van der Waals surface area contributed by atoms with Gasteiger partial charge >= 0.3 is 0 Å². The summed E-state index contributed by atoms with van der Waals surface area (Å²) in [7, 11) is 1.90. The minimum absolute atomic E-state index is 0.154. The van der Waals surface area contributed by atoms with Gasteiger partial charge in [0.2, 0.25) is 0 Å². The minimum atomic E-state index is 0.154. The highest BCUT2D eigenvalue weighted by atomic mass is 32.2. The SMILES string of the molecule is Cn1cccc1C(=O)CSC(C)(C)C. The summed E-state index contributed by atoms with van der Waals surface area (Å²) in [6.45, 7) is 6.36. The molecule has 0 amide bonds. The van der Waals surface area contributed by atoms with Crippen LogP contribution in [0.15, 0.2) is 18.3 Å². The fourth-order valence-corrected chi connectivity index (χ4v) is 1.82. The maximum absolute atomic E-state index is 11.7.